The molecular weight excluding hydrogens is 216 g/mol. The van der Waals surface area contributed by atoms with Crippen molar-refractivity contribution in [1.82, 2.24) is 4.90 Å². The summed E-state index contributed by atoms with van der Waals surface area (Å²) in [6, 6.07) is 0.410. The second kappa shape index (κ2) is 5.83. The van der Waals surface area contributed by atoms with Crippen LogP contribution < -0.4 is 5.73 Å². The molecule has 0 aromatic heterocycles. The normalized spacial score (nSPS) is 19.5. The Morgan fingerprint density at radius 2 is 2.12 bits per heavy atom. The van der Waals surface area contributed by atoms with Crippen molar-refractivity contribution in [1.29, 1.82) is 0 Å². The Labute approximate surface area is 104 Å². The second-order valence-corrected chi connectivity index (χ2v) is 5.60. The van der Waals surface area contributed by atoms with Crippen molar-refractivity contribution in [2.75, 3.05) is 19.7 Å². The summed E-state index contributed by atoms with van der Waals surface area (Å²) in [7, 11) is 0. The average Bonchev–Trinajstić information content (AvgIpc) is 3.00. The van der Waals surface area contributed by atoms with Gasteiger partial charge in [-0.3, -0.25) is 9.69 Å². The van der Waals surface area contributed by atoms with Crippen LogP contribution in [0.25, 0.3) is 0 Å². The van der Waals surface area contributed by atoms with E-state index in [1.165, 1.54) is 12.8 Å². The molecule has 0 saturated heterocycles. The van der Waals surface area contributed by atoms with Gasteiger partial charge in [-0.1, -0.05) is 0 Å². The highest BCUT2D eigenvalue weighted by Gasteiger charge is 2.35. The summed E-state index contributed by atoms with van der Waals surface area (Å²) < 4.78 is 5.02. The van der Waals surface area contributed by atoms with Gasteiger partial charge in [-0.05, 0) is 46.5 Å². The van der Waals surface area contributed by atoms with Crippen LogP contribution in [0.4, 0.5) is 0 Å². The van der Waals surface area contributed by atoms with E-state index in [4.69, 9.17) is 10.5 Å². The molecule has 1 rings (SSSR count). The van der Waals surface area contributed by atoms with Gasteiger partial charge in [0.25, 0.3) is 0 Å². The Morgan fingerprint density at radius 3 is 2.53 bits per heavy atom. The quantitative estimate of drug-likeness (QED) is 0.685. The molecule has 17 heavy (non-hydrogen) atoms. The molecule has 1 aliphatic carbocycles. The number of ether oxygens (including phenoxy) is 1. The fourth-order valence-corrected chi connectivity index (χ4v) is 1.87. The molecule has 0 aromatic rings. The molecule has 0 spiro atoms. The van der Waals surface area contributed by atoms with Crippen LogP contribution in [0, 0.1) is 5.92 Å². The molecule has 0 aliphatic heterocycles. The molecule has 1 aliphatic rings. The molecule has 100 valence electrons. The van der Waals surface area contributed by atoms with E-state index in [0.29, 0.717) is 19.2 Å². The van der Waals surface area contributed by atoms with Crippen LogP contribution in [-0.2, 0) is 9.53 Å². The predicted octanol–water partition coefficient (Wildman–Crippen LogP) is 1.39. The zero-order valence-electron chi connectivity index (χ0n) is 11.5. The lowest BCUT2D eigenvalue weighted by atomic mass is 10.0. The first-order chi connectivity index (χ1) is 7.86. The van der Waals surface area contributed by atoms with Crippen LogP contribution in [0.5, 0.6) is 0 Å². The van der Waals surface area contributed by atoms with Crippen molar-refractivity contribution in [3.63, 3.8) is 0 Å². The molecule has 1 atom stereocenters. The number of nitrogens with zero attached hydrogens (tertiary/aromatic N) is 1. The minimum absolute atomic E-state index is 0.304. The SMILES string of the molecule is CCOC(=O)C(C)(N)CN(CC1CC1)C(C)C. The van der Waals surface area contributed by atoms with E-state index in [-0.39, 0.29) is 5.97 Å². The fourth-order valence-electron chi connectivity index (χ4n) is 1.87. The summed E-state index contributed by atoms with van der Waals surface area (Å²) in [5.74, 6) is 0.497. The molecule has 0 bridgehead atoms. The van der Waals surface area contributed by atoms with Gasteiger partial charge < -0.3 is 10.5 Å². The minimum Gasteiger partial charge on any atom is -0.465 e. The van der Waals surface area contributed by atoms with Crippen molar-refractivity contribution < 1.29 is 9.53 Å². The fraction of sp³-hybridized carbons (Fsp3) is 0.923. The number of esters is 1. The van der Waals surface area contributed by atoms with Gasteiger partial charge in [0.2, 0.25) is 0 Å². The highest BCUT2D eigenvalue weighted by atomic mass is 16.5. The molecule has 4 heteroatoms. The number of hydrogen-bond donors (Lipinski definition) is 1. The molecule has 0 aromatic carbocycles. The monoisotopic (exact) mass is 242 g/mol. The Hall–Kier alpha value is -0.610. The zero-order chi connectivity index (χ0) is 13.1. The third-order valence-electron chi connectivity index (χ3n) is 3.19. The largest absolute Gasteiger partial charge is 0.465 e. The van der Waals surface area contributed by atoms with Crippen molar-refractivity contribution in [3.05, 3.63) is 0 Å². The van der Waals surface area contributed by atoms with Crippen LogP contribution in [0.2, 0.25) is 0 Å². The highest BCUT2D eigenvalue weighted by molar-refractivity contribution is 5.80. The summed E-state index contributed by atoms with van der Waals surface area (Å²) in [5.41, 5.74) is 5.16. The van der Waals surface area contributed by atoms with E-state index in [2.05, 4.69) is 18.7 Å². The van der Waals surface area contributed by atoms with Gasteiger partial charge in [0, 0.05) is 19.1 Å². The van der Waals surface area contributed by atoms with Crippen molar-refractivity contribution >= 4 is 5.97 Å². The molecule has 1 unspecified atom stereocenters. The number of hydrogen-bond acceptors (Lipinski definition) is 4. The molecule has 0 radical (unpaired) electrons. The maximum Gasteiger partial charge on any atom is 0.327 e. The summed E-state index contributed by atoms with van der Waals surface area (Å²) in [5, 5.41) is 0. The number of rotatable bonds is 7. The van der Waals surface area contributed by atoms with Crippen LogP contribution in [0.1, 0.15) is 40.5 Å². The second-order valence-electron chi connectivity index (χ2n) is 5.60. The summed E-state index contributed by atoms with van der Waals surface area (Å²) >= 11 is 0. The van der Waals surface area contributed by atoms with E-state index in [1.54, 1.807) is 13.8 Å². The molecule has 2 N–H and O–H groups in total. The maximum atomic E-state index is 11.8. The molecule has 0 heterocycles. The topological polar surface area (TPSA) is 55.6 Å². The van der Waals surface area contributed by atoms with Gasteiger partial charge in [-0.15, -0.1) is 0 Å². The van der Waals surface area contributed by atoms with Crippen molar-refractivity contribution in [2.45, 2.75) is 52.1 Å². The summed E-state index contributed by atoms with van der Waals surface area (Å²) in [4.78, 5) is 14.0. The molecule has 1 saturated carbocycles. The molecular formula is C13H26N2O2. The first-order valence-corrected chi connectivity index (χ1v) is 6.57. The van der Waals surface area contributed by atoms with Crippen molar-refractivity contribution in [2.24, 2.45) is 11.7 Å². The minimum atomic E-state index is -0.908. The van der Waals surface area contributed by atoms with E-state index >= 15 is 0 Å². The Balaban J connectivity index is 2.53. The lowest BCUT2D eigenvalue weighted by molar-refractivity contribution is -0.149. The van der Waals surface area contributed by atoms with Crippen molar-refractivity contribution in [3.8, 4) is 0 Å². The third-order valence-corrected chi connectivity index (χ3v) is 3.19. The van der Waals surface area contributed by atoms with Gasteiger partial charge in [0.15, 0.2) is 0 Å². The van der Waals surface area contributed by atoms with E-state index in [0.717, 1.165) is 12.5 Å². The summed E-state index contributed by atoms with van der Waals surface area (Å²) in [6.45, 7) is 9.85. The summed E-state index contributed by atoms with van der Waals surface area (Å²) in [6.07, 6.45) is 2.62. The molecule has 4 nitrogen and oxygen atoms in total. The average molecular weight is 242 g/mol. The number of carbonyl (C=O) groups excluding carboxylic acids is 1. The van der Waals surface area contributed by atoms with Gasteiger partial charge in [0.05, 0.1) is 6.61 Å². The smallest absolute Gasteiger partial charge is 0.327 e. The van der Waals surface area contributed by atoms with Gasteiger partial charge >= 0.3 is 5.97 Å². The zero-order valence-corrected chi connectivity index (χ0v) is 11.5. The standard InChI is InChI=1S/C13H26N2O2/c1-5-17-12(16)13(4,14)9-15(10(2)3)8-11-6-7-11/h10-11H,5-9,14H2,1-4H3. The van der Waals surface area contributed by atoms with E-state index in [9.17, 15) is 4.79 Å². The number of carbonyl (C=O) groups is 1. The highest BCUT2D eigenvalue weighted by Crippen LogP contribution is 2.30. The molecule has 0 amide bonds. The van der Waals surface area contributed by atoms with Gasteiger partial charge in [-0.25, -0.2) is 0 Å². The Bertz CT molecular complexity index is 260. The van der Waals surface area contributed by atoms with Crippen LogP contribution >= 0.6 is 0 Å². The first-order valence-electron chi connectivity index (χ1n) is 6.57. The predicted molar refractivity (Wildman–Crippen MR) is 68.7 cm³/mol. The van der Waals surface area contributed by atoms with Crippen LogP contribution in [0.3, 0.4) is 0 Å². The Morgan fingerprint density at radius 1 is 1.53 bits per heavy atom. The lowest BCUT2D eigenvalue weighted by Gasteiger charge is -2.33. The lowest BCUT2D eigenvalue weighted by Crippen LogP contribution is -2.56. The van der Waals surface area contributed by atoms with E-state index in [1.807, 2.05) is 0 Å². The number of nitrogens with two attached hydrogens (primary N) is 1. The van der Waals surface area contributed by atoms with Crippen LogP contribution in [0.15, 0.2) is 0 Å². The van der Waals surface area contributed by atoms with Crippen LogP contribution in [-0.4, -0.2) is 42.1 Å². The van der Waals surface area contributed by atoms with E-state index < -0.39 is 5.54 Å². The van der Waals surface area contributed by atoms with Gasteiger partial charge in [-0.2, -0.15) is 0 Å². The maximum absolute atomic E-state index is 11.8. The molecule has 1 fully saturated rings. The third kappa shape index (κ3) is 4.64. The van der Waals surface area contributed by atoms with Gasteiger partial charge in [0.1, 0.15) is 5.54 Å². The Kier molecular flexibility index (Phi) is 4.95. The first kappa shape index (κ1) is 14.5.